The third kappa shape index (κ3) is 6.22. The number of nitrogens with one attached hydrogen (secondary N) is 1. The van der Waals surface area contributed by atoms with Crippen LogP contribution in [0.2, 0.25) is 0 Å². The Hall–Kier alpha value is -0.860. The number of nitrogens with zero attached hydrogens (tertiary/aromatic N) is 1. The zero-order chi connectivity index (χ0) is 14.3. The van der Waals surface area contributed by atoms with Gasteiger partial charge in [-0.1, -0.05) is 43.7 Å². The maximum absolute atomic E-state index is 3.31. The Bertz CT molecular complexity index is 343. The van der Waals surface area contributed by atoms with E-state index in [9.17, 15) is 0 Å². The normalized spacial score (nSPS) is 13.2. The van der Waals surface area contributed by atoms with Crippen LogP contribution in [0.4, 0.5) is 0 Å². The predicted molar refractivity (Wildman–Crippen MR) is 84.6 cm³/mol. The smallest absolute Gasteiger partial charge is 0.00213 e. The Kier molecular flexibility index (Phi) is 7.11. The molecule has 1 aromatic rings. The van der Waals surface area contributed by atoms with Gasteiger partial charge in [-0.05, 0) is 51.4 Å². The minimum atomic E-state index is 0.730. The summed E-state index contributed by atoms with van der Waals surface area (Å²) in [6.45, 7) is 10.2. The Morgan fingerprint density at radius 1 is 1.16 bits per heavy atom. The lowest BCUT2D eigenvalue weighted by molar-refractivity contribution is 0.235. The lowest BCUT2D eigenvalue weighted by atomic mass is 9.95. The molecule has 0 aliphatic heterocycles. The molecule has 1 rings (SSSR count). The number of benzene rings is 1. The highest BCUT2D eigenvalue weighted by molar-refractivity contribution is 5.21. The van der Waals surface area contributed by atoms with E-state index in [-0.39, 0.29) is 0 Å². The molecule has 0 fully saturated rings. The van der Waals surface area contributed by atoms with Gasteiger partial charge in [-0.2, -0.15) is 0 Å². The van der Waals surface area contributed by atoms with E-state index < -0.39 is 0 Å². The largest absolute Gasteiger partial charge is 0.319 e. The monoisotopic (exact) mass is 262 g/mol. The first kappa shape index (κ1) is 16.2. The second kappa shape index (κ2) is 8.34. The molecule has 0 saturated carbocycles. The fraction of sp³-hybridized carbons (Fsp3) is 0.647. The summed E-state index contributed by atoms with van der Waals surface area (Å²) < 4.78 is 0. The Morgan fingerprint density at radius 3 is 2.32 bits per heavy atom. The molecule has 19 heavy (non-hydrogen) atoms. The van der Waals surface area contributed by atoms with Gasteiger partial charge in [-0.15, -0.1) is 0 Å². The van der Waals surface area contributed by atoms with Crippen molar-refractivity contribution in [2.45, 2.75) is 27.2 Å². The first-order valence-electron chi connectivity index (χ1n) is 7.41. The predicted octanol–water partition coefficient (Wildman–Crippen LogP) is 2.96. The molecule has 2 nitrogen and oxygen atoms in total. The van der Waals surface area contributed by atoms with Gasteiger partial charge in [0.15, 0.2) is 0 Å². The molecular formula is C17H30N2. The molecule has 0 heterocycles. The third-order valence-corrected chi connectivity index (χ3v) is 3.86. The van der Waals surface area contributed by atoms with Crippen LogP contribution in [0.15, 0.2) is 24.3 Å². The summed E-state index contributed by atoms with van der Waals surface area (Å²) >= 11 is 0. The van der Waals surface area contributed by atoms with Crippen molar-refractivity contribution in [1.82, 2.24) is 10.2 Å². The van der Waals surface area contributed by atoms with Gasteiger partial charge in [0.05, 0.1) is 0 Å². The number of aryl methyl sites for hydroxylation is 1. The van der Waals surface area contributed by atoms with Crippen LogP contribution in [0.25, 0.3) is 0 Å². The molecule has 0 aliphatic rings. The second-order valence-electron chi connectivity index (χ2n) is 6.06. The summed E-state index contributed by atoms with van der Waals surface area (Å²) in [6, 6.07) is 8.90. The number of likely N-dealkylation sites (N-methyl/N-ethyl adjacent to an activating group) is 1. The number of rotatable bonds is 8. The van der Waals surface area contributed by atoms with E-state index in [1.165, 1.54) is 17.7 Å². The van der Waals surface area contributed by atoms with Crippen molar-refractivity contribution in [2.75, 3.05) is 33.7 Å². The topological polar surface area (TPSA) is 15.3 Å². The van der Waals surface area contributed by atoms with E-state index in [0.29, 0.717) is 0 Å². The van der Waals surface area contributed by atoms with Crippen molar-refractivity contribution in [3.8, 4) is 0 Å². The molecule has 1 aromatic carbocycles. The standard InChI is InChI=1S/C17H30N2/c1-14(2)17(12-18-4)13-19(5)11-10-16-8-6-15(3)7-9-16/h6-9,14,17-18H,10-13H2,1-5H3. The fourth-order valence-electron chi connectivity index (χ4n) is 2.34. The maximum Gasteiger partial charge on any atom is 0.00213 e. The molecule has 0 bridgehead atoms. The summed E-state index contributed by atoms with van der Waals surface area (Å²) in [6.07, 6.45) is 1.14. The zero-order valence-electron chi connectivity index (χ0n) is 13.2. The Labute approximate surface area is 119 Å². The molecule has 0 aliphatic carbocycles. The maximum atomic E-state index is 3.31. The van der Waals surface area contributed by atoms with Crippen molar-refractivity contribution in [2.24, 2.45) is 11.8 Å². The van der Waals surface area contributed by atoms with Crippen molar-refractivity contribution in [1.29, 1.82) is 0 Å². The molecular weight excluding hydrogens is 232 g/mol. The first-order valence-corrected chi connectivity index (χ1v) is 7.41. The summed E-state index contributed by atoms with van der Waals surface area (Å²) in [5.74, 6) is 1.46. The van der Waals surface area contributed by atoms with E-state index in [2.05, 4.69) is 62.3 Å². The van der Waals surface area contributed by atoms with Gasteiger partial charge in [-0.25, -0.2) is 0 Å². The molecule has 108 valence electrons. The van der Waals surface area contributed by atoms with Crippen LogP contribution in [-0.2, 0) is 6.42 Å². The van der Waals surface area contributed by atoms with E-state index in [1.807, 2.05) is 7.05 Å². The highest BCUT2D eigenvalue weighted by Gasteiger charge is 2.14. The average molecular weight is 262 g/mol. The number of hydrogen-bond donors (Lipinski definition) is 1. The van der Waals surface area contributed by atoms with Crippen LogP contribution in [0.1, 0.15) is 25.0 Å². The van der Waals surface area contributed by atoms with Gasteiger partial charge in [0.2, 0.25) is 0 Å². The van der Waals surface area contributed by atoms with E-state index in [1.54, 1.807) is 0 Å². The molecule has 0 saturated heterocycles. The van der Waals surface area contributed by atoms with Crippen LogP contribution in [-0.4, -0.2) is 38.6 Å². The van der Waals surface area contributed by atoms with Crippen molar-refractivity contribution < 1.29 is 0 Å². The van der Waals surface area contributed by atoms with Crippen LogP contribution < -0.4 is 5.32 Å². The van der Waals surface area contributed by atoms with Crippen LogP contribution in [0.5, 0.6) is 0 Å². The third-order valence-electron chi connectivity index (χ3n) is 3.86. The van der Waals surface area contributed by atoms with Crippen LogP contribution >= 0.6 is 0 Å². The minimum Gasteiger partial charge on any atom is -0.319 e. The van der Waals surface area contributed by atoms with Crippen molar-refractivity contribution in [3.05, 3.63) is 35.4 Å². The molecule has 1 unspecified atom stereocenters. The van der Waals surface area contributed by atoms with Crippen molar-refractivity contribution >= 4 is 0 Å². The van der Waals surface area contributed by atoms with Gasteiger partial charge in [-0.3, -0.25) is 0 Å². The highest BCUT2D eigenvalue weighted by atomic mass is 15.1. The van der Waals surface area contributed by atoms with Crippen molar-refractivity contribution in [3.63, 3.8) is 0 Å². The van der Waals surface area contributed by atoms with Crippen LogP contribution in [0, 0.1) is 18.8 Å². The lowest BCUT2D eigenvalue weighted by Gasteiger charge is -2.26. The summed E-state index contributed by atoms with van der Waals surface area (Å²) in [7, 11) is 4.28. The fourth-order valence-corrected chi connectivity index (χ4v) is 2.34. The van der Waals surface area contributed by atoms with Gasteiger partial charge < -0.3 is 10.2 Å². The SMILES string of the molecule is CNCC(CN(C)CCc1ccc(C)cc1)C(C)C. The van der Waals surface area contributed by atoms with Gasteiger partial charge in [0, 0.05) is 13.1 Å². The Morgan fingerprint density at radius 2 is 1.79 bits per heavy atom. The summed E-state index contributed by atoms with van der Waals surface area (Å²) in [5.41, 5.74) is 2.78. The second-order valence-corrected chi connectivity index (χ2v) is 6.06. The Balaban J connectivity index is 2.37. The van der Waals surface area contributed by atoms with E-state index in [4.69, 9.17) is 0 Å². The lowest BCUT2D eigenvalue weighted by Crippen LogP contribution is -2.35. The quantitative estimate of drug-likeness (QED) is 0.775. The molecule has 0 radical (unpaired) electrons. The molecule has 0 amide bonds. The minimum absolute atomic E-state index is 0.730. The molecule has 1 atom stereocenters. The molecule has 0 spiro atoms. The van der Waals surface area contributed by atoms with Gasteiger partial charge in [0.1, 0.15) is 0 Å². The van der Waals surface area contributed by atoms with Gasteiger partial charge in [0.25, 0.3) is 0 Å². The molecule has 2 heteroatoms. The molecule has 0 aromatic heterocycles. The highest BCUT2D eigenvalue weighted by Crippen LogP contribution is 2.12. The number of hydrogen-bond acceptors (Lipinski definition) is 2. The zero-order valence-corrected chi connectivity index (χ0v) is 13.2. The summed E-state index contributed by atoms with van der Waals surface area (Å²) in [4.78, 5) is 2.46. The first-order chi connectivity index (χ1) is 9.02. The van der Waals surface area contributed by atoms with E-state index >= 15 is 0 Å². The van der Waals surface area contributed by atoms with E-state index in [0.717, 1.165) is 31.3 Å². The molecule has 1 N–H and O–H groups in total. The van der Waals surface area contributed by atoms with Crippen LogP contribution in [0.3, 0.4) is 0 Å². The van der Waals surface area contributed by atoms with Gasteiger partial charge >= 0.3 is 0 Å². The summed E-state index contributed by atoms with van der Waals surface area (Å²) in [5, 5.41) is 3.31. The average Bonchev–Trinajstić information content (AvgIpc) is 2.37.